The van der Waals surface area contributed by atoms with Crippen molar-refractivity contribution in [1.82, 2.24) is 4.57 Å². The van der Waals surface area contributed by atoms with Gasteiger partial charge in [0.25, 0.3) is 5.56 Å². The lowest BCUT2D eigenvalue weighted by Crippen LogP contribution is -2.40. The first-order valence-corrected chi connectivity index (χ1v) is 16.1. The number of carbonyl (C=O) groups excluding carboxylic acids is 2. The van der Waals surface area contributed by atoms with Crippen molar-refractivity contribution < 1.29 is 47.9 Å². The predicted molar refractivity (Wildman–Crippen MR) is 174 cm³/mol. The Morgan fingerprint density at radius 2 is 1.70 bits per heavy atom. The molecular formula is C32H33BrN2O11S. The van der Waals surface area contributed by atoms with E-state index in [2.05, 4.69) is 25.7 Å². The fraction of sp³-hybridized carbons (Fsp3) is 0.344. The van der Waals surface area contributed by atoms with Gasteiger partial charge in [-0.1, -0.05) is 17.4 Å². The van der Waals surface area contributed by atoms with E-state index in [1.165, 1.54) is 11.7 Å². The summed E-state index contributed by atoms with van der Waals surface area (Å²) in [5.74, 6) is -1.27. The SMILES string of the molecule is CCOC(=O)C1=C(C)N=c2s/c(=C\c3cc(Br)c(OCC(=O)O)c(OCC)c3)c(=O)n2[C@@H]1c1ccc(OCC(=O)OC)c(OCC)c1. The molecule has 1 atom stereocenters. The van der Waals surface area contributed by atoms with Crippen molar-refractivity contribution >= 4 is 51.3 Å². The lowest BCUT2D eigenvalue weighted by Gasteiger charge is -2.25. The maximum absolute atomic E-state index is 14.1. The molecule has 0 bridgehead atoms. The highest BCUT2D eigenvalue weighted by Crippen LogP contribution is 2.38. The fourth-order valence-electron chi connectivity index (χ4n) is 4.74. The Labute approximate surface area is 281 Å². The number of nitrogens with zero attached hydrogens (tertiary/aromatic N) is 2. The number of methoxy groups -OCH3 is 1. The molecule has 47 heavy (non-hydrogen) atoms. The van der Waals surface area contributed by atoms with Crippen LogP contribution < -0.4 is 33.8 Å². The number of hydrogen-bond donors (Lipinski definition) is 1. The number of allylic oxidation sites excluding steroid dienone is 1. The number of esters is 2. The number of hydrogen-bond acceptors (Lipinski definition) is 12. The van der Waals surface area contributed by atoms with Gasteiger partial charge in [0.05, 0.1) is 53.2 Å². The maximum Gasteiger partial charge on any atom is 0.343 e. The van der Waals surface area contributed by atoms with Crippen LogP contribution in [0, 0.1) is 0 Å². The molecule has 0 amide bonds. The highest BCUT2D eigenvalue weighted by atomic mass is 79.9. The number of ether oxygens (including phenoxy) is 6. The molecule has 2 heterocycles. The van der Waals surface area contributed by atoms with Gasteiger partial charge in [-0.25, -0.2) is 19.4 Å². The predicted octanol–water partition coefficient (Wildman–Crippen LogP) is 3.37. The van der Waals surface area contributed by atoms with E-state index in [0.29, 0.717) is 42.1 Å². The van der Waals surface area contributed by atoms with Crippen LogP contribution in [0.2, 0.25) is 0 Å². The number of aliphatic carboxylic acids is 1. The minimum absolute atomic E-state index is 0.112. The molecule has 0 aliphatic carbocycles. The summed E-state index contributed by atoms with van der Waals surface area (Å²) < 4.78 is 34.7. The number of thiazole rings is 1. The number of fused-ring (bicyclic) bond motifs is 1. The molecule has 1 aliphatic heterocycles. The molecule has 1 aromatic heterocycles. The summed E-state index contributed by atoms with van der Waals surface area (Å²) in [5, 5.41) is 9.07. The highest BCUT2D eigenvalue weighted by Gasteiger charge is 2.34. The fourth-order valence-corrected chi connectivity index (χ4v) is 6.37. The zero-order valence-electron chi connectivity index (χ0n) is 26.3. The van der Waals surface area contributed by atoms with Gasteiger partial charge in [0.2, 0.25) is 0 Å². The molecule has 0 fully saturated rings. The van der Waals surface area contributed by atoms with E-state index in [1.807, 2.05) is 0 Å². The minimum Gasteiger partial charge on any atom is -0.490 e. The average molecular weight is 734 g/mol. The highest BCUT2D eigenvalue weighted by molar-refractivity contribution is 9.10. The van der Waals surface area contributed by atoms with Crippen molar-refractivity contribution in [1.29, 1.82) is 0 Å². The smallest absolute Gasteiger partial charge is 0.343 e. The van der Waals surface area contributed by atoms with Gasteiger partial charge in [0.1, 0.15) is 0 Å². The lowest BCUT2D eigenvalue weighted by atomic mass is 9.95. The number of aromatic nitrogens is 1. The number of rotatable bonds is 14. The van der Waals surface area contributed by atoms with Crippen LogP contribution >= 0.6 is 27.3 Å². The van der Waals surface area contributed by atoms with Gasteiger partial charge >= 0.3 is 17.9 Å². The normalized spacial score (nSPS) is 14.2. The van der Waals surface area contributed by atoms with E-state index in [0.717, 1.165) is 11.3 Å². The second kappa shape index (κ2) is 15.8. The standard InChI is InChI=1S/C32H33BrN2O11S/c1-6-42-22-14-19(9-10-21(22)45-16-26(38)41-5)28-27(31(40)44-8-3)17(4)34-32-35(28)30(39)24(47-32)13-18-11-20(33)29(46-15-25(36)37)23(12-18)43-7-2/h9-14,28H,6-8,15-16H2,1-5H3,(H,36,37)/b24-13-/t28-/m1/s1. The molecule has 0 saturated carbocycles. The second-order valence-electron chi connectivity index (χ2n) is 9.75. The molecule has 3 aromatic rings. The molecule has 1 N–H and O–H groups in total. The molecule has 1 aliphatic rings. The van der Waals surface area contributed by atoms with Gasteiger partial charge < -0.3 is 33.5 Å². The molecule has 0 saturated heterocycles. The van der Waals surface area contributed by atoms with Crippen molar-refractivity contribution in [3.8, 4) is 23.0 Å². The van der Waals surface area contributed by atoms with E-state index in [4.69, 9.17) is 28.8 Å². The number of carbonyl (C=O) groups is 3. The first-order valence-electron chi connectivity index (χ1n) is 14.5. The minimum atomic E-state index is -1.15. The Balaban J connectivity index is 1.88. The summed E-state index contributed by atoms with van der Waals surface area (Å²) in [6.07, 6.45) is 1.65. The molecule has 250 valence electrons. The molecule has 0 unspecified atom stereocenters. The molecule has 15 heteroatoms. The van der Waals surface area contributed by atoms with Gasteiger partial charge in [0.15, 0.2) is 41.0 Å². The summed E-state index contributed by atoms with van der Waals surface area (Å²) >= 11 is 4.55. The Kier molecular flexibility index (Phi) is 11.8. The van der Waals surface area contributed by atoms with Crippen molar-refractivity contribution in [2.24, 2.45) is 4.99 Å². The van der Waals surface area contributed by atoms with Crippen LogP contribution in [0.25, 0.3) is 6.08 Å². The van der Waals surface area contributed by atoms with E-state index in [1.54, 1.807) is 64.1 Å². The van der Waals surface area contributed by atoms with Crippen molar-refractivity contribution in [3.63, 3.8) is 0 Å². The topological polar surface area (TPSA) is 161 Å². The van der Waals surface area contributed by atoms with Gasteiger partial charge in [0, 0.05) is 0 Å². The van der Waals surface area contributed by atoms with Crippen LogP contribution in [0.5, 0.6) is 23.0 Å². The number of halogens is 1. The lowest BCUT2D eigenvalue weighted by molar-refractivity contribution is -0.143. The number of carboxylic acid groups (broad SMARTS) is 1. The van der Waals surface area contributed by atoms with Crippen molar-refractivity contribution in [2.45, 2.75) is 33.7 Å². The third kappa shape index (κ3) is 8.03. The van der Waals surface area contributed by atoms with E-state index < -0.39 is 36.1 Å². The van der Waals surface area contributed by atoms with Crippen LogP contribution in [0.1, 0.15) is 44.9 Å². The Morgan fingerprint density at radius 3 is 2.36 bits per heavy atom. The zero-order chi connectivity index (χ0) is 34.2. The van der Waals surface area contributed by atoms with Crippen LogP contribution in [-0.2, 0) is 23.9 Å². The summed E-state index contributed by atoms with van der Waals surface area (Å²) in [4.78, 5) is 55.2. The summed E-state index contributed by atoms with van der Waals surface area (Å²) in [6, 6.07) is 7.30. The Bertz CT molecular complexity index is 1900. The average Bonchev–Trinajstić information content (AvgIpc) is 3.32. The Morgan fingerprint density at radius 1 is 0.979 bits per heavy atom. The van der Waals surface area contributed by atoms with Crippen LogP contribution in [0.3, 0.4) is 0 Å². The quantitative estimate of drug-likeness (QED) is 0.242. The molecule has 0 spiro atoms. The summed E-state index contributed by atoms with van der Waals surface area (Å²) in [7, 11) is 1.25. The number of carboxylic acids is 1. The zero-order valence-corrected chi connectivity index (χ0v) is 28.7. The third-order valence-electron chi connectivity index (χ3n) is 6.64. The molecular weight excluding hydrogens is 700 g/mol. The molecule has 0 radical (unpaired) electrons. The largest absolute Gasteiger partial charge is 0.490 e. The molecule has 2 aromatic carbocycles. The summed E-state index contributed by atoms with van der Waals surface area (Å²) in [5.41, 5.74) is 1.23. The Hall–Kier alpha value is -4.63. The maximum atomic E-state index is 14.1. The van der Waals surface area contributed by atoms with E-state index in [-0.39, 0.29) is 43.5 Å². The van der Waals surface area contributed by atoms with Gasteiger partial charge in [-0.2, -0.15) is 0 Å². The van der Waals surface area contributed by atoms with Crippen LogP contribution in [0.4, 0.5) is 0 Å². The van der Waals surface area contributed by atoms with Crippen LogP contribution in [-0.4, -0.2) is 67.7 Å². The van der Waals surface area contributed by atoms with Gasteiger partial charge in [-0.15, -0.1) is 0 Å². The van der Waals surface area contributed by atoms with Gasteiger partial charge in [-0.05, 0) is 85.1 Å². The van der Waals surface area contributed by atoms with Gasteiger partial charge in [-0.3, -0.25) is 9.36 Å². The number of benzene rings is 2. The van der Waals surface area contributed by atoms with E-state index in [9.17, 15) is 19.2 Å². The van der Waals surface area contributed by atoms with Crippen molar-refractivity contribution in [2.75, 3.05) is 40.1 Å². The van der Waals surface area contributed by atoms with Crippen molar-refractivity contribution in [3.05, 3.63) is 76.9 Å². The second-order valence-corrected chi connectivity index (χ2v) is 11.6. The van der Waals surface area contributed by atoms with E-state index >= 15 is 0 Å². The third-order valence-corrected chi connectivity index (χ3v) is 8.21. The first-order chi connectivity index (χ1) is 22.5. The first kappa shape index (κ1) is 35.2. The molecule has 13 nitrogen and oxygen atoms in total. The van der Waals surface area contributed by atoms with Crippen LogP contribution in [0.15, 0.2) is 55.9 Å². The monoisotopic (exact) mass is 732 g/mol. The summed E-state index contributed by atoms with van der Waals surface area (Å²) in [6.45, 7) is 6.69. The molecule has 4 rings (SSSR count).